The maximum Gasteiger partial charge on any atom is 0.348 e. The number of benzene rings is 1. The van der Waals surface area contributed by atoms with Crippen LogP contribution in [0.2, 0.25) is 0 Å². The lowest BCUT2D eigenvalue weighted by molar-refractivity contribution is -0.260. The number of aromatic nitrogens is 1. The van der Waals surface area contributed by atoms with E-state index in [4.69, 9.17) is 18.9 Å². The molecule has 0 aliphatic carbocycles. The van der Waals surface area contributed by atoms with E-state index in [1.807, 2.05) is 12.1 Å². The van der Waals surface area contributed by atoms with Gasteiger partial charge in [0, 0.05) is 18.0 Å². The fourth-order valence-corrected chi connectivity index (χ4v) is 4.33. The molecule has 3 heterocycles. The molecule has 1 aliphatic heterocycles. The van der Waals surface area contributed by atoms with Gasteiger partial charge in [-0.05, 0) is 23.8 Å². The summed E-state index contributed by atoms with van der Waals surface area (Å²) in [6.07, 6.45) is -0.392. The molecule has 9 nitrogen and oxygen atoms in total. The average Bonchev–Trinajstić information content (AvgIpc) is 3.25. The number of fused-ring (bicyclic) bond motifs is 1. The number of hydrogen-bond acceptors (Lipinski definition) is 10. The normalized spacial score (nSPS) is 23.2. The van der Waals surface area contributed by atoms with E-state index < -0.39 is 37.2 Å². The van der Waals surface area contributed by atoms with Crippen molar-refractivity contribution in [3.05, 3.63) is 53.2 Å². The van der Waals surface area contributed by atoms with Crippen molar-refractivity contribution in [2.75, 3.05) is 13.7 Å². The highest BCUT2D eigenvalue weighted by atomic mass is 32.1. The molecule has 32 heavy (non-hydrogen) atoms. The summed E-state index contributed by atoms with van der Waals surface area (Å²) < 4.78 is 22.7. The third-order valence-electron chi connectivity index (χ3n) is 5.10. The van der Waals surface area contributed by atoms with Crippen LogP contribution in [0, 0.1) is 0 Å². The SMILES string of the molecule is COC(=O)c1cc2c(Oc3ccc(CO[C@H]4C[C@@H](O)[C@H](O)[C@@H](CO)O4)cc3)cncc2s1. The van der Waals surface area contributed by atoms with Gasteiger partial charge in [0.25, 0.3) is 0 Å². The Balaban J connectivity index is 1.39. The van der Waals surface area contributed by atoms with Crippen molar-refractivity contribution >= 4 is 27.4 Å². The minimum atomic E-state index is -1.14. The predicted molar refractivity (Wildman–Crippen MR) is 115 cm³/mol. The van der Waals surface area contributed by atoms with Crippen LogP contribution in [0.1, 0.15) is 21.7 Å². The quantitative estimate of drug-likeness (QED) is 0.454. The summed E-state index contributed by atoms with van der Waals surface area (Å²) >= 11 is 1.28. The minimum absolute atomic E-state index is 0.115. The Morgan fingerprint density at radius 1 is 1.25 bits per heavy atom. The molecule has 0 unspecified atom stereocenters. The molecule has 1 fully saturated rings. The van der Waals surface area contributed by atoms with Crippen LogP contribution in [0.5, 0.6) is 11.5 Å². The average molecular weight is 461 g/mol. The Morgan fingerprint density at radius 3 is 2.75 bits per heavy atom. The molecule has 170 valence electrons. The molecule has 3 N–H and O–H groups in total. The fourth-order valence-electron chi connectivity index (χ4n) is 3.36. The van der Waals surface area contributed by atoms with Crippen molar-refractivity contribution in [3.8, 4) is 11.5 Å². The third-order valence-corrected chi connectivity index (χ3v) is 6.15. The summed E-state index contributed by atoms with van der Waals surface area (Å²) in [6, 6.07) is 8.94. The molecule has 0 saturated carbocycles. The van der Waals surface area contributed by atoms with E-state index in [9.17, 15) is 20.1 Å². The van der Waals surface area contributed by atoms with Crippen LogP contribution in [0.25, 0.3) is 10.1 Å². The third kappa shape index (κ3) is 4.90. The number of carbonyl (C=O) groups is 1. The Bertz CT molecular complexity index is 1070. The van der Waals surface area contributed by atoms with E-state index in [-0.39, 0.29) is 13.0 Å². The van der Waals surface area contributed by atoms with Crippen LogP contribution in [0.15, 0.2) is 42.7 Å². The van der Waals surface area contributed by atoms with Gasteiger partial charge in [0.15, 0.2) is 12.0 Å². The second-order valence-corrected chi connectivity index (χ2v) is 8.37. The second-order valence-electron chi connectivity index (χ2n) is 7.29. The molecule has 0 amide bonds. The Labute approximate surface area is 187 Å². The molecular weight excluding hydrogens is 438 g/mol. The monoisotopic (exact) mass is 461 g/mol. The van der Waals surface area contributed by atoms with Crippen molar-refractivity contribution in [1.29, 1.82) is 0 Å². The van der Waals surface area contributed by atoms with Crippen LogP contribution >= 0.6 is 11.3 Å². The first-order chi connectivity index (χ1) is 15.5. The highest BCUT2D eigenvalue weighted by Crippen LogP contribution is 2.34. The molecule has 0 bridgehead atoms. The Hall–Kier alpha value is -2.60. The van der Waals surface area contributed by atoms with E-state index in [0.717, 1.165) is 15.6 Å². The Morgan fingerprint density at radius 2 is 2.03 bits per heavy atom. The number of rotatable bonds is 7. The lowest BCUT2D eigenvalue weighted by Crippen LogP contribution is -2.50. The van der Waals surface area contributed by atoms with Gasteiger partial charge in [-0.15, -0.1) is 11.3 Å². The molecule has 4 atom stereocenters. The van der Waals surface area contributed by atoms with Crippen LogP contribution in [0.3, 0.4) is 0 Å². The Kier molecular flexibility index (Phi) is 6.99. The molecule has 1 aromatic carbocycles. The molecule has 3 aromatic rings. The van der Waals surface area contributed by atoms with E-state index in [1.54, 1.807) is 30.6 Å². The number of hydrogen-bond donors (Lipinski definition) is 3. The molecule has 0 spiro atoms. The molecule has 10 heteroatoms. The number of carbonyl (C=O) groups excluding carboxylic acids is 1. The maximum absolute atomic E-state index is 11.8. The standard InChI is InChI=1S/C22H23NO8S/c1-28-22(27)18-6-14-16(8-23-9-19(14)32-18)30-13-4-2-12(3-5-13)11-29-20-7-15(25)21(26)17(10-24)31-20/h2-6,8-9,15,17,20-21,24-26H,7,10-11H2,1H3/t15-,17-,20-,21+/m1/s1. The number of methoxy groups -OCH3 is 1. The molecule has 1 aliphatic rings. The molecule has 4 rings (SSSR count). The van der Waals surface area contributed by atoms with Gasteiger partial charge in [0.1, 0.15) is 22.8 Å². The number of esters is 1. The number of thiophene rings is 1. The first-order valence-corrected chi connectivity index (χ1v) is 10.8. The molecule has 1 saturated heterocycles. The smallest absolute Gasteiger partial charge is 0.348 e. The largest absolute Gasteiger partial charge is 0.465 e. The van der Waals surface area contributed by atoms with Crippen LogP contribution in [-0.4, -0.2) is 64.6 Å². The van der Waals surface area contributed by atoms with Crippen molar-refractivity contribution in [2.45, 2.75) is 37.6 Å². The summed E-state index contributed by atoms with van der Waals surface area (Å²) in [4.78, 5) is 16.4. The summed E-state index contributed by atoms with van der Waals surface area (Å²) in [5, 5.41) is 29.7. The molecule has 2 aromatic heterocycles. The fraction of sp³-hybridized carbons (Fsp3) is 0.364. The first kappa shape index (κ1) is 22.6. The number of aliphatic hydroxyl groups is 3. The topological polar surface area (TPSA) is 128 Å². The van der Waals surface area contributed by atoms with Gasteiger partial charge in [-0.1, -0.05) is 12.1 Å². The zero-order valence-corrected chi connectivity index (χ0v) is 18.0. The van der Waals surface area contributed by atoms with E-state index >= 15 is 0 Å². The number of nitrogens with zero attached hydrogens (tertiary/aromatic N) is 1. The maximum atomic E-state index is 11.8. The van der Waals surface area contributed by atoms with Crippen molar-refractivity contribution in [3.63, 3.8) is 0 Å². The lowest BCUT2D eigenvalue weighted by Gasteiger charge is -2.36. The second kappa shape index (κ2) is 9.90. The number of pyridine rings is 1. The van der Waals surface area contributed by atoms with Gasteiger partial charge in [-0.2, -0.15) is 0 Å². The molecular formula is C22H23NO8S. The highest BCUT2D eigenvalue weighted by Gasteiger charge is 2.36. The number of aliphatic hydroxyl groups excluding tert-OH is 3. The van der Waals surface area contributed by atoms with Gasteiger partial charge in [0.2, 0.25) is 0 Å². The minimum Gasteiger partial charge on any atom is -0.465 e. The predicted octanol–water partition coefficient (Wildman–Crippen LogP) is 2.22. The van der Waals surface area contributed by atoms with Crippen molar-refractivity contribution < 1.29 is 39.1 Å². The van der Waals surface area contributed by atoms with Crippen LogP contribution in [0.4, 0.5) is 0 Å². The summed E-state index contributed by atoms with van der Waals surface area (Å²) in [7, 11) is 1.34. The number of ether oxygens (including phenoxy) is 4. The zero-order valence-electron chi connectivity index (χ0n) is 17.2. The summed E-state index contributed by atoms with van der Waals surface area (Å²) in [6.45, 7) is -0.187. The van der Waals surface area contributed by atoms with Crippen LogP contribution in [-0.2, 0) is 20.8 Å². The highest BCUT2D eigenvalue weighted by molar-refractivity contribution is 7.20. The van der Waals surface area contributed by atoms with Gasteiger partial charge < -0.3 is 34.3 Å². The van der Waals surface area contributed by atoms with Crippen LogP contribution < -0.4 is 4.74 Å². The van der Waals surface area contributed by atoms with Crippen molar-refractivity contribution in [1.82, 2.24) is 4.98 Å². The van der Waals surface area contributed by atoms with E-state index in [0.29, 0.717) is 16.4 Å². The van der Waals surface area contributed by atoms with E-state index in [2.05, 4.69) is 4.98 Å². The zero-order chi connectivity index (χ0) is 22.7. The van der Waals surface area contributed by atoms with Gasteiger partial charge >= 0.3 is 5.97 Å². The van der Waals surface area contributed by atoms with Gasteiger partial charge in [-0.3, -0.25) is 4.98 Å². The lowest BCUT2D eigenvalue weighted by atomic mass is 10.0. The van der Waals surface area contributed by atoms with E-state index in [1.165, 1.54) is 18.4 Å². The summed E-state index contributed by atoms with van der Waals surface area (Å²) in [5.74, 6) is 0.702. The van der Waals surface area contributed by atoms with Gasteiger partial charge in [-0.25, -0.2) is 4.79 Å². The molecule has 0 radical (unpaired) electrons. The summed E-state index contributed by atoms with van der Waals surface area (Å²) in [5.41, 5.74) is 0.849. The van der Waals surface area contributed by atoms with Crippen molar-refractivity contribution in [2.24, 2.45) is 0 Å². The first-order valence-electron chi connectivity index (χ1n) is 9.95. The van der Waals surface area contributed by atoms with Gasteiger partial charge in [0.05, 0.1) is 37.3 Å².